The molecule has 3 N–H and O–H groups in total. The van der Waals surface area contributed by atoms with E-state index < -0.39 is 11.9 Å². The number of aliphatic hydroxyl groups excluding tert-OH is 1. The standard InChI is InChI=1S/C33H32FN3O5/c1-40-29-16-25-24(31(41-2)32(29)42-3)11-12-37-28(25)15-26(30(37)19-7-6-8-21(34)13-19)33(39)36-22(18-38)14-20-17-35-27-10-5-4-9-23(20)27/h4-10,13,15-17,22,35,38H,11-12,14,18H2,1-3H3,(H,36,39)/t22-/m1/s1. The summed E-state index contributed by atoms with van der Waals surface area (Å²) in [5.41, 5.74) is 6.10. The molecule has 5 aromatic rings. The van der Waals surface area contributed by atoms with Gasteiger partial charge in [0.1, 0.15) is 5.82 Å². The van der Waals surface area contributed by atoms with E-state index in [4.69, 9.17) is 14.2 Å². The number of ether oxygens (including phenoxy) is 3. The van der Waals surface area contributed by atoms with Crippen molar-refractivity contribution in [1.82, 2.24) is 14.9 Å². The number of H-pyrrole nitrogens is 1. The number of carbonyl (C=O) groups excluding carboxylic acids is 1. The van der Waals surface area contributed by atoms with Gasteiger partial charge < -0.3 is 34.2 Å². The van der Waals surface area contributed by atoms with Crippen LogP contribution in [0.15, 0.2) is 66.9 Å². The second-order valence-corrected chi connectivity index (χ2v) is 10.3. The number of benzene rings is 3. The zero-order valence-electron chi connectivity index (χ0n) is 23.7. The van der Waals surface area contributed by atoms with Crippen LogP contribution in [0.25, 0.3) is 33.4 Å². The van der Waals surface area contributed by atoms with E-state index >= 15 is 0 Å². The molecule has 9 heteroatoms. The minimum Gasteiger partial charge on any atom is -0.493 e. The number of aromatic nitrogens is 2. The molecule has 0 saturated heterocycles. The Kier molecular flexibility index (Phi) is 7.34. The first-order valence-corrected chi connectivity index (χ1v) is 13.8. The lowest BCUT2D eigenvalue weighted by molar-refractivity contribution is 0.0917. The molecule has 6 rings (SSSR count). The molecule has 1 aliphatic rings. The average Bonchev–Trinajstić information content (AvgIpc) is 3.61. The van der Waals surface area contributed by atoms with Crippen molar-refractivity contribution in [3.63, 3.8) is 0 Å². The van der Waals surface area contributed by atoms with Crippen LogP contribution in [0.1, 0.15) is 21.5 Å². The number of nitrogens with zero attached hydrogens (tertiary/aromatic N) is 1. The molecule has 42 heavy (non-hydrogen) atoms. The fraction of sp³-hybridized carbons (Fsp3) is 0.242. The Morgan fingerprint density at radius 2 is 1.86 bits per heavy atom. The van der Waals surface area contributed by atoms with Gasteiger partial charge in [0.15, 0.2) is 11.5 Å². The molecule has 0 bridgehead atoms. The molecular formula is C33H32FN3O5. The third-order valence-electron chi connectivity index (χ3n) is 7.93. The highest BCUT2D eigenvalue weighted by molar-refractivity contribution is 6.02. The summed E-state index contributed by atoms with van der Waals surface area (Å²) in [6.45, 7) is 0.289. The molecule has 1 atom stereocenters. The quantitative estimate of drug-likeness (QED) is 0.222. The first-order chi connectivity index (χ1) is 20.5. The summed E-state index contributed by atoms with van der Waals surface area (Å²) in [5.74, 6) is 0.831. The van der Waals surface area contributed by atoms with Crippen LogP contribution in [0.4, 0.5) is 4.39 Å². The molecule has 0 aliphatic carbocycles. The van der Waals surface area contributed by atoms with Crippen molar-refractivity contribution < 1.29 is 28.5 Å². The molecule has 0 saturated carbocycles. The summed E-state index contributed by atoms with van der Waals surface area (Å²) in [7, 11) is 4.72. The topological polar surface area (TPSA) is 97.7 Å². The lowest BCUT2D eigenvalue weighted by Crippen LogP contribution is -2.39. The molecule has 0 radical (unpaired) electrons. The SMILES string of the molecule is COc1cc2c(c(OC)c1OC)CCn1c-2cc(C(=O)N[C@@H](CO)Cc2c[nH]c3ccccc23)c1-c1cccc(F)c1. The number of hydrogen-bond acceptors (Lipinski definition) is 5. The summed E-state index contributed by atoms with van der Waals surface area (Å²) in [4.78, 5) is 17.2. The molecule has 2 aromatic heterocycles. The number of aromatic amines is 1. The number of methoxy groups -OCH3 is 3. The lowest BCUT2D eigenvalue weighted by Gasteiger charge is -2.25. The second-order valence-electron chi connectivity index (χ2n) is 10.3. The van der Waals surface area contributed by atoms with Crippen molar-refractivity contribution in [3.05, 3.63) is 89.4 Å². The van der Waals surface area contributed by atoms with Gasteiger partial charge >= 0.3 is 0 Å². The Labute approximate surface area is 242 Å². The van der Waals surface area contributed by atoms with Crippen LogP contribution < -0.4 is 19.5 Å². The smallest absolute Gasteiger partial charge is 0.253 e. The van der Waals surface area contributed by atoms with Crippen LogP contribution >= 0.6 is 0 Å². The number of hydrogen-bond donors (Lipinski definition) is 3. The van der Waals surface area contributed by atoms with Gasteiger partial charge in [-0.15, -0.1) is 0 Å². The Bertz CT molecular complexity index is 1790. The highest BCUT2D eigenvalue weighted by Crippen LogP contribution is 2.49. The Morgan fingerprint density at radius 3 is 2.60 bits per heavy atom. The van der Waals surface area contributed by atoms with Crippen molar-refractivity contribution >= 4 is 16.8 Å². The minimum absolute atomic E-state index is 0.245. The number of amides is 1. The van der Waals surface area contributed by atoms with E-state index in [1.165, 1.54) is 12.1 Å². The second kappa shape index (κ2) is 11.3. The van der Waals surface area contributed by atoms with Gasteiger partial charge in [-0.2, -0.15) is 0 Å². The predicted octanol–water partition coefficient (Wildman–Crippen LogP) is 5.36. The molecule has 0 spiro atoms. The molecule has 8 nitrogen and oxygen atoms in total. The van der Waals surface area contributed by atoms with Gasteiger partial charge in [0.2, 0.25) is 5.75 Å². The van der Waals surface area contributed by atoms with Gasteiger partial charge in [0, 0.05) is 46.0 Å². The van der Waals surface area contributed by atoms with Crippen LogP contribution in [0.2, 0.25) is 0 Å². The maximum absolute atomic E-state index is 14.5. The van der Waals surface area contributed by atoms with E-state index in [1.54, 1.807) is 33.5 Å². The van der Waals surface area contributed by atoms with Gasteiger partial charge in [-0.05, 0) is 48.7 Å². The monoisotopic (exact) mass is 569 g/mol. The number of carbonyl (C=O) groups is 1. The fourth-order valence-electron chi connectivity index (χ4n) is 6.03. The summed E-state index contributed by atoms with van der Waals surface area (Å²) in [6.07, 6.45) is 2.94. The predicted molar refractivity (Wildman–Crippen MR) is 159 cm³/mol. The van der Waals surface area contributed by atoms with E-state index in [0.29, 0.717) is 53.5 Å². The Hall–Kier alpha value is -4.76. The number of fused-ring (bicyclic) bond motifs is 4. The van der Waals surface area contributed by atoms with Crippen LogP contribution in [0.3, 0.4) is 0 Å². The summed E-state index contributed by atoms with van der Waals surface area (Å²) in [6, 6.07) is 17.3. The van der Waals surface area contributed by atoms with Gasteiger partial charge in [-0.1, -0.05) is 30.3 Å². The zero-order valence-corrected chi connectivity index (χ0v) is 23.7. The van der Waals surface area contributed by atoms with Crippen molar-refractivity contribution in [2.24, 2.45) is 0 Å². The number of aliphatic hydroxyl groups is 1. The molecule has 0 unspecified atom stereocenters. The Balaban J connectivity index is 1.44. The first kappa shape index (κ1) is 27.4. The Morgan fingerprint density at radius 1 is 1.05 bits per heavy atom. The molecule has 1 aliphatic heterocycles. The van der Waals surface area contributed by atoms with E-state index in [9.17, 15) is 14.3 Å². The largest absolute Gasteiger partial charge is 0.493 e. The normalized spacial score (nSPS) is 12.9. The molecule has 3 heterocycles. The van der Waals surface area contributed by atoms with E-state index in [2.05, 4.69) is 10.3 Å². The van der Waals surface area contributed by atoms with Gasteiger partial charge in [-0.3, -0.25) is 4.79 Å². The van der Waals surface area contributed by atoms with Crippen molar-refractivity contribution in [2.45, 2.75) is 25.4 Å². The number of halogens is 1. The van der Waals surface area contributed by atoms with Crippen LogP contribution in [-0.4, -0.2) is 54.5 Å². The highest BCUT2D eigenvalue weighted by Gasteiger charge is 2.31. The summed E-state index contributed by atoms with van der Waals surface area (Å²) < 4.78 is 33.5. The maximum Gasteiger partial charge on any atom is 0.253 e. The van der Waals surface area contributed by atoms with Crippen molar-refractivity contribution in [1.29, 1.82) is 0 Å². The number of rotatable bonds is 9. The minimum atomic E-state index is -0.536. The van der Waals surface area contributed by atoms with E-state index in [1.807, 2.05) is 47.2 Å². The molecule has 1 amide bonds. The first-order valence-electron chi connectivity index (χ1n) is 13.8. The molecule has 0 fully saturated rings. The van der Waals surface area contributed by atoms with Gasteiger partial charge in [0.05, 0.1) is 45.2 Å². The summed E-state index contributed by atoms with van der Waals surface area (Å²) >= 11 is 0. The number of para-hydroxylation sites is 1. The molecule has 216 valence electrons. The maximum atomic E-state index is 14.5. The third-order valence-corrected chi connectivity index (χ3v) is 7.93. The van der Waals surface area contributed by atoms with Crippen LogP contribution in [-0.2, 0) is 19.4 Å². The van der Waals surface area contributed by atoms with Crippen molar-refractivity contribution in [3.8, 4) is 39.8 Å². The fourth-order valence-corrected chi connectivity index (χ4v) is 6.03. The molecular weight excluding hydrogens is 537 g/mol. The van der Waals surface area contributed by atoms with E-state index in [0.717, 1.165) is 33.3 Å². The number of nitrogens with one attached hydrogen (secondary N) is 2. The van der Waals surface area contributed by atoms with Gasteiger partial charge in [-0.25, -0.2) is 4.39 Å². The van der Waals surface area contributed by atoms with Crippen molar-refractivity contribution in [2.75, 3.05) is 27.9 Å². The summed E-state index contributed by atoms with van der Waals surface area (Å²) in [5, 5.41) is 14.3. The third kappa shape index (κ3) is 4.65. The average molecular weight is 570 g/mol. The lowest BCUT2D eigenvalue weighted by atomic mass is 9.96. The van der Waals surface area contributed by atoms with Gasteiger partial charge in [0.25, 0.3) is 5.91 Å². The zero-order chi connectivity index (χ0) is 29.4. The van der Waals surface area contributed by atoms with Crippen LogP contribution in [0.5, 0.6) is 17.2 Å². The highest BCUT2D eigenvalue weighted by atomic mass is 19.1. The van der Waals surface area contributed by atoms with Crippen LogP contribution in [0, 0.1) is 5.82 Å². The van der Waals surface area contributed by atoms with E-state index in [-0.39, 0.29) is 12.5 Å². The molecule has 3 aromatic carbocycles.